The molecule has 1 aromatic carbocycles. The van der Waals surface area contributed by atoms with Gasteiger partial charge in [-0.2, -0.15) is 0 Å². The maximum Gasteiger partial charge on any atom is 0.338 e. The molecule has 1 heterocycles. The predicted molar refractivity (Wildman–Crippen MR) is 94.8 cm³/mol. The third-order valence-corrected chi connectivity index (χ3v) is 3.90. The summed E-state index contributed by atoms with van der Waals surface area (Å²) in [6, 6.07) is 4.13. The lowest BCUT2D eigenvalue weighted by Gasteiger charge is -2.09. The van der Waals surface area contributed by atoms with Gasteiger partial charge in [-0.3, -0.25) is 19.3 Å². The molecule has 0 aromatic heterocycles. The number of rotatable bonds is 8. The molecule has 1 aliphatic heterocycles. The van der Waals surface area contributed by atoms with Crippen LogP contribution in [-0.2, 0) is 9.53 Å². The van der Waals surface area contributed by atoms with Crippen LogP contribution in [0, 0.1) is 5.92 Å². The lowest BCUT2D eigenvalue weighted by molar-refractivity contribution is -0.124. The zero-order valence-corrected chi connectivity index (χ0v) is 14.9. The van der Waals surface area contributed by atoms with Gasteiger partial charge in [-0.25, -0.2) is 4.79 Å². The summed E-state index contributed by atoms with van der Waals surface area (Å²) in [5, 5.41) is 2.66. The molecule has 0 aliphatic carbocycles. The van der Waals surface area contributed by atoms with E-state index in [0.717, 1.165) is 11.3 Å². The van der Waals surface area contributed by atoms with E-state index in [1.54, 1.807) is 0 Å². The van der Waals surface area contributed by atoms with Crippen molar-refractivity contribution in [3.63, 3.8) is 0 Å². The van der Waals surface area contributed by atoms with Crippen LogP contribution < -0.4 is 5.32 Å². The first-order chi connectivity index (χ1) is 12.3. The molecule has 26 heavy (non-hydrogen) atoms. The monoisotopic (exact) mass is 358 g/mol. The molecule has 1 aromatic rings. The minimum absolute atomic E-state index is 0.0999. The summed E-state index contributed by atoms with van der Waals surface area (Å²) in [5.74, 6) is -1.55. The van der Waals surface area contributed by atoms with Crippen LogP contribution in [0.1, 0.15) is 51.3 Å². The maximum atomic E-state index is 12.3. The topological polar surface area (TPSA) is 92.8 Å². The van der Waals surface area contributed by atoms with Crippen molar-refractivity contribution in [1.82, 2.24) is 10.2 Å². The molecular weight excluding hydrogens is 336 g/mol. The number of amides is 3. The van der Waals surface area contributed by atoms with Gasteiger partial charge in [0.05, 0.1) is 16.7 Å². The second-order valence-electron chi connectivity index (χ2n) is 6.38. The van der Waals surface area contributed by atoms with Crippen molar-refractivity contribution in [2.24, 2.45) is 5.92 Å². The fraction of sp³-hybridized carbons (Fsp3) is 0.368. The van der Waals surface area contributed by atoms with Gasteiger partial charge in [0.25, 0.3) is 17.7 Å². The molecule has 0 spiro atoms. The van der Waals surface area contributed by atoms with Gasteiger partial charge >= 0.3 is 5.97 Å². The van der Waals surface area contributed by atoms with E-state index in [1.807, 2.05) is 13.8 Å². The van der Waals surface area contributed by atoms with Crippen molar-refractivity contribution in [3.8, 4) is 0 Å². The average molecular weight is 358 g/mol. The highest BCUT2D eigenvalue weighted by atomic mass is 16.5. The molecule has 0 fully saturated rings. The minimum Gasteiger partial charge on any atom is -0.452 e. The van der Waals surface area contributed by atoms with Crippen molar-refractivity contribution in [3.05, 3.63) is 47.5 Å². The van der Waals surface area contributed by atoms with E-state index in [9.17, 15) is 19.2 Å². The smallest absolute Gasteiger partial charge is 0.338 e. The molecule has 138 valence electrons. The van der Waals surface area contributed by atoms with Crippen LogP contribution in [0.25, 0.3) is 0 Å². The number of nitrogens with one attached hydrogen (secondary N) is 1. The van der Waals surface area contributed by atoms with Crippen LogP contribution in [0.5, 0.6) is 0 Å². The lowest BCUT2D eigenvalue weighted by Crippen LogP contribution is -2.30. The van der Waals surface area contributed by atoms with E-state index in [2.05, 4.69) is 11.9 Å². The molecule has 1 aliphatic rings. The maximum absolute atomic E-state index is 12.3. The summed E-state index contributed by atoms with van der Waals surface area (Å²) in [5.41, 5.74) is 0.493. The molecular formula is C19H22N2O5. The van der Waals surface area contributed by atoms with E-state index in [1.165, 1.54) is 24.3 Å². The molecule has 0 saturated heterocycles. The van der Waals surface area contributed by atoms with E-state index in [-0.39, 0.29) is 29.1 Å². The summed E-state index contributed by atoms with van der Waals surface area (Å²) in [4.78, 5) is 49.2. The molecule has 0 radical (unpaired) electrons. The summed E-state index contributed by atoms with van der Waals surface area (Å²) < 4.78 is 4.97. The number of imide groups is 1. The number of carbonyl (C=O) groups excluding carboxylic acids is 4. The van der Waals surface area contributed by atoms with Crippen molar-refractivity contribution < 1.29 is 23.9 Å². The van der Waals surface area contributed by atoms with Crippen LogP contribution in [0.15, 0.2) is 30.9 Å². The van der Waals surface area contributed by atoms with Gasteiger partial charge in [-0.15, -0.1) is 6.58 Å². The van der Waals surface area contributed by atoms with Crippen LogP contribution >= 0.6 is 0 Å². The first-order valence-corrected chi connectivity index (χ1v) is 8.40. The van der Waals surface area contributed by atoms with E-state index in [4.69, 9.17) is 4.74 Å². The second-order valence-corrected chi connectivity index (χ2v) is 6.38. The number of nitrogens with zero attached hydrogens (tertiary/aromatic N) is 1. The SMILES string of the molecule is C=CCN1C(=O)c2ccc(C(=O)OCC(=O)NCCC(C)C)cc2C1=O. The fourth-order valence-corrected chi connectivity index (χ4v) is 2.48. The number of ether oxygens (including phenoxy) is 1. The Morgan fingerprint density at radius 2 is 1.92 bits per heavy atom. The highest BCUT2D eigenvalue weighted by Gasteiger charge is 2.35. The predicted octanol–water partition coefficient (Wildman–Crippen LogP) is 1.79. The second kappa shape index (κ2) is 8.42. The van der Waals surface area contributed by atoms with Crippen LogP contribution in [0.3, 0.4) is 0 Å². The molecule has 0 bridgehead atoms. The first-order valence-electron chi connectivity index (χ1n) is 8.40. The Labute approximate surface area is 152 Å². The third-order valence-electron chi connectivity index (χ3n) is 3.90. The summed E-state index contributed by atoms with van der Waals surface area (Å²) in [7, 11) is 0. The Balaban J connectivity index is 1.98. The van der Waals surface area contributed by atoms with Crippen molar-refractivity contribution in [1.29, 1.82) is 0 Å². The summed E-state index contributed by atoms with van der Waals surface area (Å²) in [6.07, 6.45) is 2.29. The number of hydrogen-bond donors (Lipinski definition) is 1. The van der Waals surface area contributed by atoms with Gasteiger partial charge < -0.3 is 10.1 Å². The lowest BCUT2D eigenvalue weighted by atomic mass is 10.1. The normalized spacial score (nSPS) is 13.0. The van der Waals surface area contributed by atoms with E-state index in [0.29, 0.717) is 12.5 Å². The van der Waals surface area contributed by atoms with Crippen molar-refractivity contribution >= 4 is 23.7 Å². The summed E-state index contributed by atoms with van der Waals surface area (Å²) in [6.45, 7) is 7.82. The van der Waals surface area contributed by atoms with Gasteiger partial charge in [0.1, 0.15) is 0 Å². The van der Waals surface area contributed by atoms with Gasteiger partial charge in [-0.1, -0.05) is 19.9 Å². The van der Waals surface area contributed by atoms with E-state index >= 15 is 0 Å². The molecule has 2 rings (SSSR count). The zero-order chi connectivity index (χ0) is 19.3. The Bertz CT molecular complexity index is 754. The molecule has 0 unspecified atom stereocenters. The first kappa shape index (κ1) is 19.4. The Kier molecular flexibility index (Phi) is 6.27. The van der Waals surface area contributed by atoms with Gasteiger partial charge in [0, 0.05) is 13.1 Å². The average Bonchev–Trinajstić information content (AvgIpc) is 2.84. The van der Waals surface area contributed by atoms with Crippen LogP contribution in [-0.4, -0.2) is 48.3 Å². The zero-order valence-electron chi connectivity index (χ0n) is 14.9. The number of fused-ring (bicyclic) bond motifs is 1. The van der Waals surface area contributed by atoms with E-state index < -0.39 is 24.4 Å². The van der Waals surface area contributed by atoms with Crippen molar-refractivity contribution in [2.75, 3.05) is 19.7 Å². The van der Waals surface area contributed by atoms with Gasteiger partial charge in [0.2, 0.25) is 0 Å². The van der Waals surface area contributed by atoms with Crippen molar-refractivity contribution in [2.45, 2.75) is 20.3 Å². The van der Waals surface area contributed by atoms with Crippen LogP contribution in [0.4, 0.5) is 0 Å². The standard InChI is InChI=1S/C19H22N2O5/c1-4-9-21-17(23)14-6-5-13(10-15(14)18(21)24)19(25)26-11-16(22)20-8-7-12(2)3/h4-6,10,12H,1,7-9,11H2,2-3H3,(H,20,22). The molecule has 3 amide bonds. The largest absolute Gasteiger partial charge is 0.452 e. The number of hydrogen-bond acceptors (Lipinski definition) is 5. The summed E-state index contributed by atoms with van der Waals surface area (Å²) >= 11 is 0. The highest BCUT2D eigenvalue weighted by Crippen LogP contribution is 2.24. The fourth-order valence-electron chi connectivity index (χ4n) is 2.48. The molecule has 0 atom stereocenters. The number of esters is 1. The van der Waals surface area contributed by atoms with Crippen LogP contribution in [0.2, 0.25) is 0 Å². The molecule has 1 N–H and O–H groups in total. The highest BCUT2D eigenvalue weighted by molar-refractivity contribution is 6.22. The number of benzene rings is 1. The third kappa shape index (κ3) is 4.36. The Hall–Kier alpha value is -2.96. The Morgan fingerprint density at radius 1 is 1.23 bits per heavy atom. The Morgan fingerprint density at radius 3 is 2.58 bits per heavy atom. The van der Waals surface area contributed by atoms with Gasteiger partial charge in [-0.05, 0) is 30.5 Å². The molecule has 0 saturated carbocycles. The quantitative estimate of drug-likeness (QED) is 0.434. The number of carbonyl (C=O) groups is 4. The molecule has 7 nitrogen and oxygen atoms in total. The molecule has 7 heteroatoms. The minimum atomic E-state index is -0.728. The van der Waals surface area contributed by atoms with Gasteiger partial charge in [0.15, 0.2) is 6.61 Å².